The molecular weight excluding hydrogens is 431 g/mol. The van der Waals surface area contributed by atoms with Crippen molar-refractivity contribution in [3.63, 3.8) is 0 Å². The Morgan fingerprint density at radius 3 is 2.97 bits per heavy atom. The van der Waals surface area contributed by atoms with E-state index in [0.29, 0.717) is 27.6 Å². The number of ether oxygens (including phenoxy) is 1. The number of hydrogen-bond acceptors (Lipinski definition) is 5. The molecule has 6 nitrogen and oxygen atoms in total. The number of morpholine rings is 1. The maximum atomic E-state index is 13.7. The maximum absolute atomic E-state index is 13.7. The third-order valence-corrected chi connectivity index (χ3v) is 5.20. The van der Waals surface area contributed by atoms with Crippen LogP contribution in [-0.4, -0.2) is 42.7 Å². The fraction of sp³-hybridized carbons (Fsp3) is 0.333. The molecular formula is C18H15ClF3N3O3S. The summed E-state index contributed by atoms with van der Waals surface area (Å²) in [5.41, 5.74) is -0.893. The van der Waals surface area contributed by atoms with E-state index in [1.165, 1.54) is 6.07 Å². The standard InChI is InChI=1S/C18H15ClF3N3O3S/c19-16-10(1-2-12-7-23-3-4-28-12)5-14(29-16)17(26)24-11-6-13(20)18(27)25(8-11)9-15(21)22/h5-6,8,12,15,23H,3-4,7,9H2,(H,24,26). The van der Waals surface area contributed by atoms with Crippen molar-refractivity contribution in [2.75, 3.05) is 25.0 Å². The van der Waals surface area contributed by atoms with Crippen molar-refractivity contribution in [1.29, 1.82) is 0 Å². The zero-order chi connectivity index (χ0) is 21.0. The minimum Gasteiger partial charge on any atom is -0.363 e. The van der Waals surface area contributed by atoms with Crippen LogP contribution in [0.25, 0.3) is 0 Å². The molecule has 1 saturated heterocycles. The molecule has 1 fully saturated rings. The Morgan fingerprint density at radius 1 is 1.48 bits per heavy atom. The van der Waals surface area contributed by atoms with E-state index in [1.54, 1.807) is 0 Å². The molecule has 1 unspecified atom stereocenters. The summed E-state index contributed by atoms with van der Waals surface area (Å²) in [4.78, 5) is 24.2. The molecule has 2 N–H and O–H groups in total. The van der Waals surface area contributed by atoms with Gasteiger partial charge in [0.15, 0.2) is 5.82 Å². The number of halogens is 4. The molecule has 1 atom stereocenters. The molecule has 0 aliphatic carbocycles. The van der Waals surface area contributed by atoms with Crippen molar-refractivity contribution in [3.05, 3.63) is 49.3 Å². The summed E-state index contributed by atoms with van der Waals surface area (Å²) in [6.45, 7) is 0.908. The van der Waals surface area contributed by atoms with Gasteiger partial charge < -0.3 is 19.9 Å². The molecule has 1 amide bonds. The Hall–Kier alpha value is -2.32. The Morgan fingerprint density at radius 2 is 2.28 bits per heavy atom. The first-order valence-corrected chi connectivity index (χ1v) is 9.65. The second-order valence-electron chi connectivity index (χ2n) is 6.01. The first-order valence-electron chi connectivity index (χ1n) is 8.46. The molecule has 29 heavy (non-hydrogen) atoms. The number of nitrogens with one attached hydrogen (secondary N) is 2. The SMILES string of the molecule is O=C(Nc1cc(F)c(=O)n(CC(F)F)c1)c1cc(C#CC2CNCCO2)c(Cl)s1. The van der Waals surface area contributed by atoms with Crippen molar-refractivity contribution in [2.24, 2.45) is 0 Å². The molecule has 11 heteroatoms. The average molecular weight is 446 g/mol. The van der Waals surface area contributed by atoms with Gasteiger partial charge in [-0.2, -0.15) is 0 Å². The highest BCUT2D eigenvalue weighted by Gasteiger charge is 2.16. The summed E-state index contributed by atoms with van der Waals surface area (Å²) < 4.78 is 45.0. The third kappa shape index (κ3) is 5.61. The number of carbonyl (C=O) groups excluding carboxylic acids is 1. The van der Waals surface area contributed by atoms with Gasteiger partial charge in [0, 0.05) is 25.4 Å². The average Bonchev–Trinajstić information content (AvgIpc) is 3.05. The Labute approximate surface area is 172 Å². The molecule has 0 radical (unpaired) electrons. The minimum absolute atomic E-state index is 0.133. The fourth-order valence-corrected chi connectivity index (χ4v) is 3.61. The molecule has 1 aliphatic rings. The number of rotatable bonds is 4. The molecule has 1 aliphatic heterocycles. The van der Waals surface area contributed by atoms with Gasteiger partial charge in [0.25, 0.3) is 17.9 Å². The number of amides is 1. The smallest absolute Gasteiger partial charge is 0.286 e. The molecule has 0 bridgehead atoms. The predicted octanol–water partition coefficient (Wildman–Crippen LogP) is 2.56. The molecule has 0 spiro atoms. The summed E-state index contributed by atoms with van der Waals surface area (Å²) in [5.74, 6) is 3.89. The lowest BCUT2D eigenvalue weighted by molar-refractivity contribution is 0.0651. The van der Waals surface area contributed by atoms with Gasteiger partial charge >= 0.3 is 0 Å². The highest BCUT2D eigenvalue weighted by Crippen LogP contribution is 2.27. The van der Waals surface area contributed by atoms with Crippen LogP contribution in [0.4, 0.5) is 18.9 Å². The van der Waals surface area contributed by atoms with Crippen LogP contribution in [0, 0.1) is 17.7 Å². The number of carbonyl (C=O) groups is 1. The molecule has 2 aromatic heterocycles. The van der Waals surface area contributed by atoms with Crippen LogP contribution in [0.15, 0.2) is 23.1 Å². The molecule has 154 valence electrons. The Kier molecular flexibility index (Phi) is 6.97. The van der Waals surface area contributed by atoms with Gasteiger partial charge in [-0.15, -0.1) is 11.3 Å². The maximum Gasteiger partial charge on any atom is 0.286 e. The van der Waals surface area contributed by atoms with Gasteiger partial charge in [-0.05, 0) is 6.07 Å². The normalized spacial score (nSPS) is 16.4. The van der Waals surface area contributed by atoms with Crippen LogP contribution in [0.1, 0.15) is 15.2 Å². The number of hydrogen-bond donors (Lipinski definition) is 2. The summed E-state index contributed by atoms with van der Waals surface area (Å²) in [7, 11) is 0. The molecule has 0 aromatic carbocycles. The van der Waals surface area contributed by atoms with Crippen LogP contribution in [0.5, 0.6) is 0 Å². The third-order valence-electron chi connectivity index (χ3n) is 3.84. The highest BCUT2D eigenvalue weighted by atomic mass is 35.5. The summed E-state index contributed by atoms with van der Waals surface area (Å²) >= 11 is 7.09. The first kappa shape index (κ1) is 21.4. The van der Waals surface area contributed by atoms with Gasteiger partial charge in [-0.25, -0.2) is 13.2 Å². The molecule has 2 aromatic rings. The summed E-state index contributed by atoms with van der Waals surface area (Å²) in [5, 5.41) is 5.51. The minimum atomic E-state index is -2.85. The number of thiophene rings is 1. The number of alkyl halides is 2. The van der Waals surface area contributed by atoms with Crippen molar-refractivity contribution < 1.29 is 22.7 Å². The monoisotopic (exact) mass is 445 g/mol. The lowest BCUT2D eigenvalue weighted by Gasteiger charge is -2.18. The second-order valence-corrected chi connectivity index (χ2v) is 7.66. The molecule has 0 saturated carbocycles. The van der Waals surface area contributed by atoms with Crippen molar-refractivity contribution in [2.45, 2.75) is 19.1 Å². The summed E-state index contributed by atoms with van der Waals surface area (Å²) in [6.07, 6.45) is -2.17. The van der Waals surface area contributed by atoms with Crippen LogP contribution in [0.2, 0.25) is 4.34 Å². The lowest BCUT2D eigenvalue weighted by atomic mass is 10.2. The number of pyridine rings is 1. The molecule has 3 heterocycles. The highest BCUT2D eigenvalue weighted by molar-refractivity contribution is 7.18. The Bertz CT molecular complexity index is 1020. The molecule has 3 rings (SSSR count). The fourth-order valence-electron chi connectivity index (χ4n) is 2.53. The van der Waals surface area contributed by atoms with E-state index in [0.717, 1.165) is 30.1 Å². The van der Waals surface area contributed by atoms with E-state index >= 15 is 0 Å². The van der Waals surface area contributed by atoms with E-state index < -0.39 is 30.3 Å². The quantitative estimate of drug-likeness (QED) is 0.710. The largest absolute Gasteiger partial charge is 0.363 e. The zero-order valence-corrected chi connectivity index (χ0v) is 16.4. The van der Waals surface area contributed by atoms with Crippen molar-refractivity contribution >= 4 is 34.5 Å². The van der Waals surface area contributed by atoms with E-state index in [2.05, 4.69) is 22.5 Å². The van der Waals surface area contributed by atoms with Crippen LogP contribution in [0.3, 0.4) is 0 Å². The first-order chi connectivity index (χ1) is 13.8. The Balaban J connectivity index is 1.75. The van der Waals surface area contributed by atoms with Gasteiger partial charge in [-0.1, -0.05) is 23.4 Å². The lowest BCUT2D eigenvalue weighted by Crippen LogP contribution is -2.37. The van der Waals surface area contributed by atoms with Gasteiger partial charge in [0.05, 0.1) is 29.3 Å². The van der Waals surface area contributed by atoms with Gasteiger partial charge in [0.1, 0.15) is 10.4 Å². The van der Waals surface area contributed by atoms with Crippen LogP contribution in [-0.2, 0) is 11.3 Å². The number of aromatic nitrogens is 1. The van der Waals surface area contributed by atoms with E-state index in [9.17, 15) is 22.8 Å². The van der Waals surface area contributed by atoms with Crippen molar-refractivity contribution in [1.82, 2.24) is 9.88 Å². The van der Waals surface area contributed by atoms with Gasteiger partial charge in [-0.3, -0.25) is 9.59 Å². The number of nitrogens with zero attached hydrogens (tertiary/aromatic N) is 1. The van der Waals surface area contributed by atoms with Crippen LogP contribution < -0.4 is 16.2 Å². The topological polar surface area (TPSA) is 72.4 Å². The second kappa shape index (κ2) is 9.45. The summed E-state index contributed by atoms with van der Waals surface area (Å²) in [6, 6.07) is 2.24. The van der Waals surface area contributed by atoms with Crippen LogP contribution >= 0.6 is 22.9 Å². The van der Waals surface area contributed by atoms with E-state index in [1.807, 2.05) is 0 Å². The number of anilines is 1. The van der Waals surface area contributed by atoms with Crippen molar-refractivity contribution in [3.8, 4) is 11.8 Å². The van der Waals surface area contributed by atoms with E-state index in [4.69, 9.17) is 16.3 Å². The van der Waals surface area contributed by atoms with E-state index in [-0.39, 0.29) is 16.7 Å². The van der Waals surface area contributed by atoms with Gasteiger partial charge in [0.2, 0.25) is 0 Å². The predicted molar refractivity (Wildman–Crippen MR) is 103 cm³/mol. The zero-order valence-electron chi connectivity index (χ0n) is 14.8.